The second kappa shape index (κ2) is 5.12. The van der Waals surface area contributed by atoms with Crippen LogP contribution in [0.15, 0.2) is 0 Å². The molecule has 0 aromatic carbocycles. The van der Waals surface area contributed by atoms with Crippen molar-refractivity contribution in [1.82, 2.24) is 5.32 Å². The van der Waals surface area contributed by atoms with Crippen LogP contribution in [0.5, 0.6) is 0 Å². The predicted molar refractivity (Wildman–Crippen MR) is 59.1 cm³/mol. The Morgan fingerprint density at radius 2 is 1.93 bits per heavy atom. The first-order chi connectivity index (χ1) is 6.51. The van der Waals surface area contributed by atoms with E-state index >= 15 is 0 Å². The number of hydrogen-bond acceptors (Lipinski definition) is 3. The zero-order chi connectivity index (χ0) is 10.6. The molecule has 1 atom stereocenters. The van der Waals surface area contributed by atoms with Crippen LogP contribution < -0.4 is 5.32 Å². The molecule has 0 spiro atoms. The first kappa shape index (κ1) is 12.0. The maximum atomic E-state index is 11.1. The molecule has 1 aliphatic carbocycles. The number of hydrogen-bond donors (Lipinski definition) is 1. The van der Waals surface area contributed by atoms with Crippen LogP contribution in [0.3, 0.4) is 0 Å². The Morgan fingerprint density at radius 1 is 1.36 bits per heavy atom. The smallest absolute Gasteiger partial charge is 0.148 e. The monoisotopic (exact) mass is 219 g/mol. The van der Waals surface area contributed by atoms with Gasteiger partial charge in [0.15, 0.2) is 0 Å². The molecule has 1 N–H and O–H groups in total. The van der Waals surface area contributed by atoms with Crippen LogP contribution in [0.2, 0.25) is 0 Å². The molecule has 0 saturated heterocycles. The topological polar surface area (TPSA) is 46.2 Å². The van der Waals surface area contributed by atoms with Gasteiger partial charge in [0.05, 0.1) is 5.75 Å². The largest absolute Gasteiger partial charge is 0.316 e. The van der Waals surface area contributed by atoms with E-state index in [2.05, 4.69) is 5.32 Å². The highest BCUT2D eigenvalue weighted by atomic mass is 32.2. The minimum Gasteiger partial charge on any atom is -0.316 e. The Morgan fingerprint density at radius 3 is 2.36 bits per heavy atom. The van der Waals surface area contributed by atoms with Gasteiger partial charge in [-0.3, -0.25) is 0 Å². The lowest BCUT2D eigenvalue weighted by atomic mass is 9.99. The molecular weight excluding hydrogens is 198 g/mol. The molecule has 0 heterocycles. The molecule has 0 aromatic heterocycles. The molecule has 0 aromatic rings. The van der Waals surface area contributed by atoms with Crippen molar-refractivity contribution in [1.29, 1.82) is 0 Å². The van der Waals surface area contributed by atoms with Crippen LogP contribution >= 0.6 is 0 Å². The van der Waals surface area contributed by atoms with E-state index in [1.165, 1.54) is 31.9 Å². The van der Waals surface area contributed by atoms with Crippen LogP contribution in [0, 0.1) is 5.92 Å². The fourth-order valence-electron chi connectivity index (χ4n) is 2.28. The van der Waals surface area contributed by atoms with Gasteiger partial charge in [0.2, 0.25) is 0 Å². The minimum atomic E-state index is -2.84. The van der Waals surface area contributed by atoms with E-state index in [0.29, 0.717) is 0 Å². The SMILES string of the molecule is CNC(CC1CCCC1)CS(C)(=O)=O. The number of nitrogens with one attached hydrogen (secondary N) is 1. The van der Waals surface area contributed by atoms with Crippen molar-refractivity contribution in [2.24, 2.45) is 5.92 Å². The van der Waals surface area contributed by atoms with Gasteiger partial charge in [-0.15, -0.1) is 0 Å². The van der Waals surface area contributed by atoms with Gasteiger partial charge in [-0.25, -0.2) is 8.42 Å². The van der Waals surface area contributed by atoms with E-state index in [-0.39, 0.29) is 11.8 Å². The summed E-state index contributed by atoms with van der Waals surface area (Å²) in [5, 5.41) is 3.11. The molecule has 0 aliphatic heterocycles. The molecule has 4 heteroatoms. The Labute approximate surface area is 87.2 Å². The van der Waals surface area contributed by atoms with Gasteiger partial charge in [0, 0.05) is 12.3 Å². The van der Waals surface area contributed by atoms with E-state index in [4.69, 9.17) is 0 Å². The molecule has 0 bridgehead atoms. The van der Waals surface area contributed by atoms with Gasteiger partial charge in [-0.2, -0.15) is 0 Å². The Bertz CT molecular complexity index is 255. The standard InChI is InChI=1S/C10H21NO2S/c1-11-10(8-14(2,12)13)7-9-5-3-4-6-9/h9-11H,3-8H2,1-2H3. The van der Waals surface area contributed by atoms with Gasteiger partial charge < -0.3 is 5.32 Å². The lowest BCUT2D eigenvalue weighted by molar-refractivity contribution is 0.423. The van der Waals surface area contributed by atoms with Crippen LogP contribution in [0.1, 0.15) is 32.1 Å². The summed E-state index contributed by atoms with van der Waals surface area (Å²) in [4.78, 5) is 0. The van der Waals surface area contributed by atoms with Gasteiger partial charge >= 0.3 is 0 Å². The third-order valence-corrected chi connectivity index (χ3v) is 4.01. The van der Waals surface area contributed by atoms with Crippen molar-refractivity contribution in [3.8, 4) is 0 Å². The van der Waals surface area contributed by atoms with Crippen LogP contribution in [-0.4, -0.2) is 33.5 Å². The molecule has 1 saturated carbocycles. The highest BCUT2D eigenvalue weighted by Crippen LogP contribution is 2.28. The highest BCUT2D eigenvalue weighted by Gasteiger charge is 2.21. The van der Waals surface area contributed by atoms with E-state index in [9.17, 15) is 8.42 Å². The van der Waals surface area contributed by atoms with Crippen LogP contribution in [0.25, 0.3) is 0 Å². The Kier molecular flexibility index (Phi) is 4.38. The maximum absolute atomic E-state index is 11.1. The first-order valence-corrected chi connectivity index (χ1v) is 7.42. The van der Waals surface area contributed by atoms with Crippen LogP contribution in [-0.2, 0) is 9.84 Å². The van der Waals surface area contributed by atoms with Crippen molar-refractivity contribution in [2.75, 3.05) is 19.1 Å². The average Bonchev–Trinajstić information content (AvgIpc) is 2.53. The van der Waals surface area contributed by atoms with E-state index < -0.39 is 9.84 Å². The quantitative estimate of drug-likeness (QED) is 0.756. The highest BCUT2D eigenvalue weighted by molar-refractivity contribution is 7.90. The zero-order valence-electron chi connectivity index (χ0n) is 9.12. The molecule has 1 aliphatic rings. The predicted octanol–water partition coefficient (Wildman–Crippen LogP) is 1.20. The number of sulfone groups is 1. The van der Waals surface area contributed by atoms with E-state index in [1.807, 2.05) is 7.05 Å². The molecule has 84 valence electrons. The normalized spacial score (nSPS) is 21.3. The Balaban J connectivity index is 2.38. The molecule has 0 radical (unpaired) electrons. The lowest BCUT2D eigenvalue weighted by Gasteiger charge is -2.18. The van der Waals surface area contributed by atoms with E-state index in [1.54, 1.807) is 0 Å². The number of rotatable bonds is 5. The summed E-state index contributed by atoms with van der Waals surface area (Å²) >= 11 is 0. The van der Waals surface area contributed by atoms with Crippen molar-refractivity contribution in [2.45, 2.75) is 38.1 Å². The second-order valence-electron chi connectivity index (χ2n) is 4.46. The van der Waals surface area contributed by atoms with Gasteiger partial charge in [-0.1, -0.05) is 25.7 Å². The molecule has 14 heavy (non-hydrogen) atoms. The summed E-state index contributed by atoms with van der Waals surface area (Å²) in [5.74, 6) is 1.02. The Hall–Kier alpha value is -0.0900. The summed E-state index contributed by atoms with van der Waals surface area (Å²) in [5.41, 5.74) is 0. The summed E-state index contributed by atoms with van der Waals surface area (Å²) in [6.45, 7) is 0. The van der Waals surface area contributed by atoms with Crippen molar-refractivity contribution < 1.29 is 8.42 Å². The maximum Gasteiger partial charge on any atom is 0.148 e. The third kappa shape index (κ3) is 4.42. The van der Waals surface area contributed by atoms with Crippen LogP contribution in [0.4, 0.5) is 0 Å². The average molecular weight is 219 g/mol. The van der Waals surface area contributed by atoms with Gasteiger partial charge in [-0.05, 0) is 19.4 Å². The lowest BCUT2D eigenvalue weighted by Crippen LogP contribution is -2.34. The van der Waals surface area contributed by atoms with Crippen molar-refractivity contribution >= 4 is 9.84 Å². The van der Waals surface area contributed by atoms with Crippen molar-refractivity contribution in [3.05, 3.63) is 0 Å². The second-order valence-corrected chi connectivity index (χ2v) is 6.65. The summed E-state index contributed by atoms with van der Waals surface area (Å²) in [7, 11) is -0.988. The van der Waals surface area contributed by atoms with Crippen molar-refractivity contribution in [3.63, 3.8) is 0 Å². The van der Waals surface area contributed by atoms with Gasteiger partial charge in [0.1, 0.15) is 9.84 Å². The van der Waals surface area contributed by atoms with Gasteiger partial charge in [0.25, 0.3) is 0 Å². The third-order valence-electron chi connectivity index (χ3n) is 3.00. The zero-order valence-corrected chi connectivity index (χ0v) is 9.94. The first-order valence-electron chi connectivity index (χ1n) is 5.36. The molecule has 3 nitrogen and oxygen atoms in total. The molecule has 0 amide bonds. The fraction of sp³-hybridized carbons (Fsp3) is 1.00. The summed E-state index contributed by atoms with van der Waals surface area (Å²) in [6, 6.07) is 0.146. The molecule has 1 unspecified atom stereocenters. The molecular formula is C10H21NO2S. The van der Waals surface area contributed by atoms with E-state index in [0.717, 1.165) is 12.3 Å². The molecule has 1 rings (SSSR count). The fourth-order valence-corrected chi connectivity index (χ4v) is 3.32. The minimum absolute atomic E-state index is 0.146. The summed E-state index contributed by atoms with van der Waals surface area (Å²) < 4.78 is 22.3. The molecule has 1 fully saturated rings. The summed E-state index contributed by atoms with van der Waals surface area (Å²) in [6.07, 6.45) is 7.53.